The Bertz CT molecular complexity index is 364. The number of nitrogens with zero attached hydrogens (tertiary/aromatic N) is 1. The lowest BCUT2D eigenvalue weighted by molar-refractivity contribution is 0.0696. The molecule has 3 nitrogen and oxygen atoms in total. The van der Waals surface area contributed by atoms with Crippen LogP contribution in [0.2, 0.25) is 0 Å². The van der Waals surface area contributed by atoms with E-state index in [4.69, 9.17) is 5.11 Å². The van der Waals surface area contributed by atoms with Gasteiger partial charge in [0, 0.05) is 6.54 Å². The molecule has 15 heavy (non-hydrogen) atoms. The van der Waals surface area contributed by atoms with Crippen molar-refractivity contribution in [3.05, 3.63) is 35.1 Å². The first-order valence-electron chi connectivity index (χ1n) is 4.67. The standard InChI is InChI=1S/C11H14FNO2/c1-13(2)6-5-8-7-9(11(14)15)3-4-10(8)12/h3-4,7H,5-6H2,1-2H3,(H,14,15). The number of rotatable bonds is 4. The molecule has 0 aromatic heterocycles. The molecule has 0 aliphatic heterocycles. The molecule has 1 N–H and O–H groups in total. The predicted octanol–water partition coefficient (Wildman–Crippen LogP) is 1.63. The summed E-state index contributed by atoms with van der Waals surface area (Å²) in [5.41, 5.74) is 0.578. The highest BCUT2D eigenvalue weighted by atomic mass is 19.1. The van der Waals surface area contributed by atoms with Gasteiger partial charge in [-0.1, -0.05) is 0 Å². The molecular formula is C11H14FNO2. The second-order valence-corrected chi connectivity index (χ2v) is 3.66. The monoisotopic (exact) mass is 211 g/mol. The third-order valence-corrected chi connectivity index (χ3v) is 2.12. The quantitative estimate of drug-likeness (QED) is 0.822. The molecule has 1 rings (SSSR count). The van der Waals surface area contributed by atoms with Crippen LogP contribution in [0.4, 0.5) is 4.39 Å². The maximum atomic E-state index is 13.3. The van der Waals surface area contributed by atoms with E-state index in [-0.39, 0.29) is 11.4 Å². The molecule has 82 valence electrons. The van der Waals surface area contributed by atoms with Gasteiger partial charge in [-0.3, -0.25) is 0 Å². The summed E-state index contributed by atoms with van der Waals surface area (Å²) < 4.78 is 13.3. The van der Waals surface area contributed by atoms with Crippen LogP contribution in [0.3, 0.4) is 0 Å². The number of benzene rings is 1. The average Bonchev–Trinajstić information content (AvgIpc) is 2.16. The van der Waals surface area contributed by atoms with Gasteiger partial charge in [0.15, 0.2) is 0 Å². The fourth-order valence-corrected chi connectivity index (χ4v) is 1.24. The molecule has 1 aromatic carbocycles. The van der Waals surface area contributed by atoms with E-state index in [1.807, 2.05) is 19.0 Å². The lowest BCUT2D eigenvalue weighted by Gasteiger charge is -2.10. The first-order valence-corrected chi connectivity index (χ1v) is 4.67. The molecular weight excluding hydrogens is 197 g/mol. The highest BCUT2D eigenvalue weighted by Gasteiger charge is 2.08. The fourth-order valence-electron chi connectivity index (χ4n) is 1.24. The number of halogens is 1. The zero-order valence-corrected chi connectivity index (χ0v) is 8.83. The van der Waals surface area contributed by atoms with Gasteiger partial charge in [0.1, 0.15) is 5.82 Å². The number of hydrogen-bond acceptors (Lipinski definition) is 2. The SMILES string of the molecule is CN(C)CCc1cc(C(=O)O)ccc1F. The Hall–Kier alpha value is -1.42. The summed E-state index contributed by atoms with van der Waals surface area (Å²) in [5.74, 6) is -1.37. The van der Waals surface area contributed by atoms with E-state index in [1.165, 1.54) is 18.2 Å². The highest BCUT2D eigenvalue weighted by Crippen LogP contribution is 2.11. The van der Waals surface area contributed by atoms with E-state index in [9.17, 15) is 9.18 Å². The first kappa shape index (κ1) is 11.7. The Morgan fingerprint density at radius 2 is 2.13 bits per heavy atom. The molecule has 0 saturated heterocycles. The molecule has 0 radical (unpaired) electrons. The Labute approximate surface area is 88.1 Å². The van der Waals surface area contributed by atoms with Gasteiger partial charge in [-0.15, -0.1) is 0 Å². The lowest BCUT2D eigenvalue weighted by atomic mass is 10.1. The number of hydrogen-bond donors (Lipinski definition) is 1. The molecule has 0 heterocycles. The van der Waals surface area contributed by atoms with Gasteiger partial charge < -0.3 is 10.0 Å². The van der Waals surface area contributed by atoms with E-state index >= 15 is 0 Å². The average molecular weight is 211 g/mol. The normalized spacial score (nSPS) is 10.7. The Morgan fingerprint density at radius 3 is 2.67 bits per heavy atom. The van der Waals surface area contributed by atoms with Crippen molar-refractivity contribution in [3.63, 3.8) is 0 Å². The topological polar surface area (TPSA) is 40.5 Å². The van der Waals surface area contributed by atoms with Crippen molar-refractivity contribution in [2.45, 2.75) is 6.42 Å². The third-order valence-electron chi connectivity index (χ3n) is 2.12. The van der Waals surface area contributed by atoms with Gasteiger partial charge in [0.2, 0.25) is 0 Å². The lowest BCUT2D eigenvalue weighted by Crippen LogP contribution is -2.16. The predicted molar refractivity (Wildman–Crippen MR) is 55.6 cm³/mol. The Kier molecular flexibility index (Phi) is 3.80. The summed E-state index contributed by atoms with van der Waals surface area (Å²) in [6.45, 7) is 0.694. The second-order valence-electron chi connectivity index (χ2n) is 3.66. The number of carboxylic acid groups (broad SMARTS) is 1. The van der Waals surface area contributed by atoms with Gasteiger partial charge in [-0.2, -0.15) is 0 Å². The summed E-state index contributed by atoms with van der Waals surface area (Å²) in [6, 6.07) is 3.87. The molecule has 0 spiro atoms. The van der Waals surface area contributed by atoms with Crippen molar-refractivity contribution in [1.29, 1.82) is 0 Å². The van der Waals surface area contributed by atoms with Crippen molar-refractivity contribution in [2.24, 2.45) is 0 Å². The largest absolute Gasteiger partial charge is 0.478 e. The van der Waals surface area contributed by atoms with Crippen molar-refractivity contribution in [3.8, 4) is 0 Å². The summed E-state index contributed by atoms with van der Waals surface area (Å²) in [4.78, 5) is 12.6. The Morgan fingerprint density at radius 1 is 1.47 bits per heavy atom. The smallest absolute Gasteiger partial charge is 0.335 e. The minimum Gasteiger partial charge on any atom is -0.478 e. The molecule has 0 atom stereocenters. The van der Waals surface area contributed by atoms with E-state index in [0.717, 1.165) is 0 Å². The van der Waals surface area contributed by atoms with Crippen molar-refractivity contribution in [2.75, 3.05) is 20.6 Å². The van der Waals surface area contributed by atoms with E-state index in [2.05, 4.69) is 0 Å². The summed E-state index contributed by atoms with van der Waals surface area (Å²) in [5, 5.41) is 8.74. The second kappa shape index (κ2) is 4.89. The summed E-state index contributed by atoms with van der Waals surface area (Å²) in [6.07, 6.45) is 0.514. The molecule has 0 aliphatic carbocycles. The van der Waals surface area contributed by atoms with Crippen molar-refractivity contribution in [1.82, 2.24) is 4.90 Å². The molecule has 0 aliphatic rings. The molecule has 0 fully saturated rings. The number of likely N-dealkylation sites (N-methyl/N-ethyl adjacent to an activating group) is 1. The molecule has 1 aromatic rings. The maximum absolute atomic E-state index is 13.3. The maximum Gasteiger partial charge on any atom is 0.335 e. The molecule has 0 amide bonds. The van der Waals surface area contributed by atoms with E-state index in [1.54, 1.807) is 0 Å². The summed E-state index contributed by atoms with van der Waals surface area (Å²) in [7, 11) is 3.78. The van der Waals surface area contributed by atoms with Crippen LogP contribution in [0.25, 0.3) is 0 Å². The van der Waals surface area contributed by atoms with Crippen LogP contribution >= 0.6 is 0 Å². The van der Waals surface area contributed by atoms with Crippen LogP contribution in [0.5, 0.6) is 0 Å². The summed E-state index contributed by atoms with van der Waals surface area (Å²) >= 11 is 0. The zero-order valence-electron chi connectivity index (χ0n) is 8.83. The number of carbonyl (C=O) groups is 1. The minimum absolute atomic E-state index is 0.130. The molecule has 0 bridgehead atoms. The molecule has 0 unspecified atom stereocenters. The van der Waals surface area contributed by atoms with Crippen LogP contribution in [0.15, 0.2) is 18.2 Å². The van der Waals surface area contributed by atoms with Crippen LogP contribution in [-0.2, 0) is 6.42 Å². The minimum atomic E-state index is -1.03. The van der Waals surface area contributed by atoms with Crippen molar-refractivity contribution >= 4 is 5.97 Å². The van der Waals surface area contributed by atoms with Gasteiger partial charge in [0.25, 0.3) is 0 Å². The van der Waals surface area contributed by atoms with Crippen LogP contribution in [0.1, 0.15) is 15.9 Å². The highest BCUT2D eigenvalue weighted by molar-refractivity contribution is 5.87. The van der Waals surface area contributed by atoms with Gasteiger partial charge in [0.05, 0.1) is 5.56 Å². The van der Waals surface area contributed by atoms with Gasteiger partial charge in [-0.05, 0) is 44.3 Å². The van der Waals surface area contributed by atoms with Crippen molar-refractivity contribution < 1.29 is 14.3 Å². The van der Waals surface area contributed by atoms with Crippen LogP contribution < -0.4 is 0 Å². The van der Waals surface area contributed by atoms with Crippen LogP contribution in [0, 0.1) is 5.82 Å². The fraction of sp³-hybridized carbons (Fsp3) is 0.364. The molecule has 0 saturated carbocycles. The zero-order chi connectivity index (χ0) is 11.4. The van der Waals surface area contributed by atoms with E-state index in [0.29, 0.717) is 18.5 Å². The third kappa shape index (κ3) is 3.32. The first-order chi connectivity index (χ1) is 7.00. The molecule has 4 heteroatoms. The number of carboxylic acids is 1. The van der Waals surface area contributed by atoms with Gasteiger partial charge >= 0.3 is 5.97 Å². The Balaban J connectivity index is 2.85. The number of aromatic carboxylic acids is 1. The van der Waals surface area contributed by atoms with Crippen LogP contribution in [-0.4, -0.2) is 36.6 Å². The van der Waals surface area contributed by atoms with E-state index < -0.39 is 5.97 Å². The van der Waals surface area contributed by atoms with Gasteiger partial charge in [-0.25, -0.2) is 9.18 Å².